The third kappa shape index (κ3) is 6.37. The van der Waals surface area contributed by atoms with Gasteiger partial charge in [-0.25, -0.2) is 0 Å². The molecule has 37 heavy (non-hydrogen) atoms. The van der Waals surface area contributed by atoms with Crippen molar-refractivity contribution in [2.45, 2.75) is 31.9 Å². The third-order valence-electron chi connectivity index (χ3n) is 7.16. The van der Waals surface area contributed by atoms with E-state index in [9.17, 15) is 5.11 Å². The molecule has 5 nitrogen and oxygen atoms in total. The number of nitrogens with zero attached hydrogens (tertiary/aromatic N) is 3. The number of piperazine rings is 1. The summed E-state index contributed by atoms with van der Waals surface area (Å²) < 4.78 is 6.07. The van der Waals surface area contributed by atoms with Gasteiger partial charge in [0.2, 0.25) is 0 Å². The van der Waals surface area contributed by atoms with Crippen molar-refractivity contribution >= 4 is 10.9 Å². The lowest BCUT2D eigenvalue weighted by atomic mass is 9.96. The Balaban J connectivity index is 1.17. The highest BCUT2D eigenvalue weighted by atomic mass is 16.5. The van der Waals surface area contributed by atoms with Crippen molar-refractivity contribution in [3.05, 3.63) is 108 Å². The highest BCUT2D eigenvalue weighted by molar-refractivity contribution is 5.85. The van der Waals surface area contributed by atoms with E-state index in [-0.39, 0.29) is 12.6 Å². The van der Waals surface area contributed by atoms with E-state index in [1.54, 1.807) is 0 Å². The molecule has 1 aliphatic heterocycles. The van der Waals surface area contributed by atoms with Gasteiger partial charge in [0.15, 0.2) is 0 Å². The van der Waals surface area contributed by atoms with Gasteiger partial charge in [0, 0.05) is 43.8 Å². The van der Waals surface area contributed by atoms with Crippen LogP contribution >= 0.6 is 0 Å². The Morgan fingerprint density at radius 3 is 2.14 bits per heavy atom. The molecule has 1 aromatic heterocycles. The van der Waals surface area contributed by atoms with Crippen LogP contribution in [0, 0.1) is 0 Å². The molecule has 0 spiro atoms. The molecule has 0 saturated carbocycles. The molecule has 1 N–H and O–H groups in total. The average molecular weight is 496 g/mol. The molecule has 192 valence electrons. The molecule has 1 unspecified atom stereocenters. The molecule has 2 heterocycles. The topological polar surface area (TPSA) is 48.8 Å². The van der Waals surface area contributed by atoms with Gasteiger partial charge in [0.25, 0.3) is 0 Å². The second-order valence-electron chi connectivity index (χ2n) is 9.90. The van der Waals surface area contributed by atoms with Crippen molar-refractivity contribution in [3.8, 4) is 5.75 Å². The minimum atomic E-state index is -0.548. The van der Waals surface area contributed by atoms with Crippen LogP contribution in [0.3, 0.4) is 0 Å². The molecule has 1 fully saturated rings. The summed E-state index contributed by atoms with van der Waals surface area (Å²) in [6, 6.07) is 31.9. The van der Waals surface area contributed by atoms with Gasteiger partial charge < -0.3 is 9.84 Å². The van der Waals surface area contributed by atoms with Gasteiger partial charge in [-0.2, -0.15) is 0 Å². The van der Waals surface area contributed by atoms with E-state index in [0.717, 1.165) is 61.4 Å². The van der Waals surface area contributed by atoms with Crippen LogP contribution in [0.2, 0.25) is 0 Å². The molecule has 5 rings (SSSR count). The third-order valence-corrected chi connectivity index (χ3v) is 7.16. The zero-order valence-corrected chi connectivity index (χ0v) is 21.7. The Kier molecular flexibility index (Phi) is 8.46. The zero-order chi connectivity index (χ0) is 25.5. The summed E-state index contributed by atoms with van der Waals surface area (Å²) >= 11 is 0. The maximum Gasteiger partial charge on any atom is 0.128 e. The van der Waals surface area contributed by atoms with Gasteiger partial charge in [0.05, 0.1) is 11.6 Å². The molecule has 4 aromatic rings. The number of hydrogen-bond donors (Lipinski definition) is 1. The summed E-state index contributed by atoms with van der Waals surface area (Å²) in [5.41, 5.74) is 4.69. The van der Waals surface area contributed by atoms with E-state index in [0.29, 0.717) is 6.54 Å². The minimum Gasteiger partial charge on any atom is -0.490 e. The maximum absolute atomic E-state index is 10.8. The Morgan fingerprint density at radius 1 is 0.811 bits per heavy atom. The number of ether oxygens (including phenoxy) is 1. The van der Waals surface area contributed by atoms with Crippen LogP contribution in [-0.2, 0) is 6.42 Å². The van der Waals surface area contributed by atoms with Crippen molar-refractivity contribution in [1.82, 2.24) is 14.8 Å². The van der Waals surface area contributed by atoms with Gasteiger partial charge >= 0.3 is 0 Å². The summed E-state index contributed by atoms with van der Waals surface area (Å²) in [7, 11) is 0. The zero-order valence-electron chi connectivity index (χ0n) is 21.7. The standard InChI is InChI=1S/C32H37N3O2/c1-2-10-27-17-18-29-30(33-27)15-9-16-31(29)37-24-28(36)23-34-19-21-35(22-20-34)32(25-11-5-3-6-12-25)26-13-7-4-8-14-26/h3-9,11-18,28,32,36H,2,10,19-24H2,1H3. The first-order valence-electron chi connectivity index (χ1n) is 13.5. The van der Waals surface area contributed by atoms with Gasteiger partial charge in [-0.15, -0.1) is 0 Å². The molecule has 3 aromatic carbocycles. The monoisotopic (exact) mass is 495 g/mol. The number of benzene rings is 3. The highest BCUT2D eigenvalue weighted by Gasteiger charge is 2.27. The van der Waals surface area contributed by atoms with Crippen LogP contribution in [0.25, 0.3) is 10.9 Å². The number of aryl methyl sites for hydroxylation is 1. The number of aliphatic hydroxyl groups is 1. The van der Waals surface area contributed by atoms with Crippen molar-refractivity contribution in [1.29, 1.82) is 0 Å². The van der Waals surface area contributed by atoms with Gasteiger partial charge in [0.1, 0.15) is 18.5 Å². The molecule has 5 heteroatoms. The van der Waals surface area contributed by atoms with E-state index < -0.39 is 6.10 Å². The number of hydrogen-bond acceptors (Lipinski definition) is 5. The first-order valence-corrected chi connectivity index (χ1v) is 13.5. The van der Waals surface area contributed by atoms with Gasteiger partial charge in [-0.05, 0) is 41.8 Å². The van der Waals surface area contributed by atoms with Crippen LogP contribution in [0.5, 0.6) is 5.75 Å². The van der Waals surface area contributed by atoms with Crippen molar-refractivity contribution in [3.63, 3.8) is 0 Å². The largest absolute Gasteiger partial charge is 0.490 e. The summed E-state index contributed by atoms with van der Waals surface area (Å²) in [4.78, 5) is 9.66. The smallest absolute Gasteiger partial charge is 0.128 e. The first-order chi connectivity index (χ1) is 18.2. The molecule has 1 saturated heterocycles. The molecule has 0 amide bonds. The van der Waals surface area contributed by atoms with Crippen molar-refractivity contribution < 1.29 is 9.84 Å². The summed E-state index contributed by atoms with van der Waals surface area (Å²) in [5, 5.41) is 11.8. The normalized spacial score (nSPS) is 15.8. The average Bonchev–Trinajstić information content (AvgIpc) is 2.94. The molecule has 1 atom stereocenters. The Labute approximate surface area is 220 Å². The number of β-amino-alcohol motifs (C(OH)–C–C–N with tert-alkyl or cyclic N) is 1. The van der Waals surface area contributed by atoms with Gasteiger partial charge in [-0.3, -0.25) is 14.8 Å². The Morgan fingerprint density at radius 2 is 1.49 bits per heavy atom. The summed E-state index contributed by atoms with van der Waals surface area (Å²) in [6.45, 7) is 6.80. The first kappa shape index (κ1) is 25.4. The Bertz CT molecular complexity index is 1220. The molecule has 0 aliphatic carbocycles. The Hall–Kier alpha value is -3.25. The second-order valence-corrected chi connectivity index (χ2v) is 9.90. The summed E-state index contributed by atoms with van der Waals surface area (Å²) in [6.07, 6.45) is 1.51. The lowest BCUT2D eigenvalue weighted by Crippen LogP contribution is -2.50. The van der Waals surface area contributed by atoms with Crippen LogP contribution < -0.4 is 4.74 Å². The van der Waals surface area contributed by atoms with Crippen LogP contribution in [0.15, 0.2) is 91.0 Å². The predicted molar refractivity (Wildman–Crippen MR) is 150 cm³/mol. The molecule has 0 radical (unpaired) electrons. The number of fused-ring (bicyclic) bond motifs is 1. The quantitative estimate of drug-likeness (QED) is 0.322. The van der Waals surface area contributed by atoms with E-state index in [1.807, 2.05) is 18.2 Å². The van der Waals surface area contributed by atoms with Crippen LogP contribution in [0.1, 0.15) is 36.2 Å². The molecule has 0 bridgehead atoms. The van der Waals surface area contributed by atoms with E-state index in [4.69, 9.17) is 9.72 Å². The second kappa shape index (κ2) is 12.3. The summed E-state index contributed by atoms with van der Waals surface area (Å²) in [5.74, 6) is 0.783. The van der Waals surface area contributed by atoms with Crippen LogP contribution in [-0.4, -0.2) is 65.3 Å². The number of aliphatic hydroxyl groups excluding tert-OH is 1. The lowest BCUT2D eigenvalue weighted by Gasteiger charge is -2.40. The molecule has 1 aliphatic rings. The number of rotatable bonds is 10. The fourth-order valence-electron chi connectivity index (χ4n) is 5.32. The fraction of sp³-hybridized carbons (Fsp3) is 0.344. The van der Waals surface area contributed by atoms with Crippen molar-refractivity contribution in [2.24, 2.45) is 0 Å². The highest BCUT2D eigenvalue weighted by Crippen LogP contribution is 2.29. The predicted octanol–water partition coefficient (Wildman–Crippen LogP) is 5.33. The maximum atomic E-state index is 10.8. The van der Waals surface area contributed by atoms with E-state index in [1.165, 1.54) is 11.1 Å². The fourth-order valence-corrected chi connectivity index (χ4v) is 5.32. The lowest BCUT2D eigenvalue weighted by molar-refractivity contribution is 0.0404. The number of aromatic nitrogens is 1. The van der Waals surface area contributed by atoms with Gasteiger partial charge in [-0.1, -0.05) is 80.1 Å². The minimum absolute atomic E-state index is 0.246. The van der Waals surface area contributed by atoms with E-state index >= 15 is 0 Å². The number of pyridine rings is 1. The molecular formula is C32H37N3O2. The SMILES string of the molecule is CCCc1ccc2c(OCC(O)CN3CCN(C(c4ccccc4)c4ccccc4)CC3)cccc2n1. The van der Waals surface area contributed by atoms with Crippen molar-refractivity contribution in [2.75, 3.05) is 39.3 Å². The van der Waals surface area contributed by atoms with Crippen LogP contribution in [0.4, 0.5) is 0 Å². The van der Waals surface area contributed by atoms with E-state index in [2.05, 4.69) is 89.5 Å². The molecular weight excluding hydrogens is 458 g/mol.